The van der Waals surface area contributed by atoms with E-state index < -0.39 is 29.8 Å². The number of carbonyl (C=O) groups excluding carboxylic acids is 1. The minimum atomic E-state index is -1.11. The summed E-state index contributed by atoms with van der Waals surface area (Å²) in [6.45, 7) is 2.15. The lowest BCUT2D eigenvalue weighted by Gasteiger charge is -2.21. The van der Waals surface area contributed by atoms with Gasteiger partial charge < -0.3 is 15.7 Å². The maximum atomic E-state index is 13.1. The fourth-order valence-electron chi connectivity index (χ4n) is 1.90. The zero-order valence-electron chi connectivity index (χ0n) is 12.7. The molecule has 2 amide bonds. The third kappa shape index (κ3) is 6.19. The highest BCUT2D eigenvalue weighted by Gasteiger charge is 2.19. The van der Waals surface area contributed by atoms with Gasteiger partial charge in [0, 0.05) is 6.54 Å². The van der Waals surface area contributed by atoms with E-state index in [2.05, 4.69) is 10.6 Å². The van der Waals surface area contributed by atoms with Gasteiger partial charge in [0.1, 0.15) is 0 Å². The summed E-state index contributed by atoms with van der Waals surface area (Å²) < 4.78 is 26.0. The van der Waals surface area contributed by atoms with Gasteiger partial charge in [-0.2, -0.15) is 11.8 Å². The molecule has 0 spiro atoms. The van der Waals surface area contributed by atoms with Crippen LogP contribution in [0.2, 0.25) is 0 Å². The van der Waals surface area contributed by atoms with Gasteiger partial charge in [0.15, 0.2) is 11.6 Å². The van der Waals surface area contributed by atoms with Gasteiger partial charge in [-0.3, -0.25) is 0 Å². The van der Waals surface area contributed by atoms with E-state index >= 15 is 0 Å². The van der Waals surface area contributed by atoms with Gasteiger partial charge in [-0.25, -0.2) is 13.6 Å². The Morgan fingerprint density at radius 2 is 2.05 bits per heavy atom. The van der Waals surface area contributed by atoms with Gasteiger partial charge in [0.25, 0.3) is 0 Å². The molecule has 3 N–H and O–H groups in total. The predicted molar refractivity (Wildman–Crippen MR) is 84.9 cm³/mol. The van der Waals surface area contributed by atoms with Crippen molar-refractivity contribution in [2.45, 2.75) is 31.9 Å². The standard InChI is InChI=1S/C15H22F2N2O2S/c1-10(19-15(21)18-7-3-4-8-22-2)14(20)11-5-6-12(16)13(17)9-11/h5-6,9-10,14,20H,3-4,7-8H2,1-2H3,(H2,18,19,21). The van der Waals surface area contributed by atoms with Crippen LogP contribution in [-0.4, -0.2) is 35.7 Å². The summed E-state index contributed by atoms with van der Waals surface area (Å²) in [5.41, 5.74) is 0.215. The Kier molecular flexibility index (Phi) is 8.19. The van der Waals surface area contributed by atoms with Crippen LogP contribution in [0.4, 0.5) is 13.6 Å². The minimum Gasteiger partial charge on any atom is -0.386 e. The number of nitrogens with one attached hydrogen (secondary N) is 2. The van der Waals surface area contributed by atoms with Gasteiger partial charge in [0.2, 0.25) is 0 Å². The van der Waals surface area contributed by atoms with Crippen molar-refractivity contribution in [3.63, 3.8) is 0 Å². The Bertz CT molecular complexity index is 489. The monoisotopic (exact) mass is 332 g/mol. The number of hydrogen-bond donors (Lipinski definition) is 3. The van der Waals surface area contributed by atoms with Crippen LogP contribution >= 0.6 is 11.8 Å². The van der Waals surface area contributed by atoms with E-state index in [0.29, 0.717) is 6.54 Å². The molecule has 4 nitrogen and oxygen atoms in total. The van der Waals surface area contributed by atoms with Crippen LogP contribution in [0.3, 0.4) is 0 Å². The maximum absolute atomic E-state index is 13.1. The summed E-state index contributed by atoms with van der Waals surface area (Å²) in [5, 5.41) is 15.3. The molecule has 1 rings (SSSR count). The molecule has 1 aromatic rings. The van der Waals surface area contributed by atoms with Crippen molar-refractivity contribution in [2.75, 3.05) is 18.6 Å². The Balaban J connectivity index is 2.41. The first-order chi connectivity index (χ1) is 10.5. The molecule has 0 radical (unpaired) electrons. The lowest BCUT2D eigenvalue weighted by molar-refractivity contribution is 0.137. The summed E-state index contributed by atoms with van der Waals surface area (Å²) in [6.07, 6.45) is 2.82. The molecule has 124 valence electrons. The normalized spacial score (nSPS) is 13.5. The van der Waals surface area contributed by atoms with Crippen molar-refractivity contribution >= 4 is 17.8 Å². The average molecular weight is 332 g/mol. The Labute approximate surface area is 133 Å². The third-order valence-electron chi connectivity index (χ3n) is 3.18. The van der Waals surface area contributed by atoms with E-state index in [0.717, 1.165) is 30.7 Å². The number of unbranched alkanes of at least 4 members (excludes halogenated alkanes) is 1. The first kappa shape index (κ1) is 18.7. The van der Waals surface area contributed by atoms with Crippen LogP contribution in [0.15, 0.2) is 18.2 Å². The number of halogens is 2. The number of aliphatic hydroxyl groups is 1. The van der Waals surface area contributed by atoms with E-state index in [1.54, 1.807) is 18.7 Å². The molecule has 0 bridgehead atoms. The number of carbonyl (C=O) groups is 1. The Hall–Kier alpha value is -1.34. The second kappa shape index (κ2) is 9.63. The third-order valence-corrected chi connectivity index (χ3v) is 3.88. The van der Waals surface area contributed by atoms with Crippen molar-refractivity contribution in [1.29, 1.82) is 0 Å². The molecule has 0 aliphatic rings. The molecule has 0 aliphatic heterocycles. The van der Waals surface area contributed by atoms with Gasteiger partial charge in [0.05, 0.1) is 12.1 Å². The number of benzene rings is 1. The lowest BCUT2D eigenvalue weighted by atomic mass is 10.0. The Morgan fingerprint density at radius 3 is 2.68 bits per heavy atom. The zero-order valence-corrected chi connectivity index (χ0v) is 13.6. The summed E-state index contributed by atoms with van der Waals surface area (Å²) in [7, 11) is 0. The van der Waals surface area contributed by atoms with Crippen LogP contribution < -0.4 is 10.6 Å². The maximum Gasteiger partial charge on any atom is 0.315 e. The van der Waals surface area contributed by atoms with Gasteiger partial charge in [-0.1, -0.05) is 6.07 Å². The summed E-state index contributed by atoms with van der Waals surface area (Å²) >= 11 is 1.76. The second-order valence-corrected chi connectivity index (χ2v) is 5.99. The number of urea groups is 1. The van der Waals surface area contributed by atoms with Crippen molar-refractivity contribution in [3.8, 4) is 0 Å². The predicted octanol–water partition coefficient (Wildman–Crippen LogP) is 2.83. The van der Waals surface area contributed by atoms with E-state index in [9.17, 15) is 18.7 Å². The van der Waals surface area contributed by atoms with Crippen LogP contribution in [0.1, 0.15) is 31.4 Å². The molecule has 0 saturated heterocycles. The number of aliphatic hydroxyl groups excluding tert-OH is 1. The highest BCUT2D eigenvalue weighted by molar-refractivity contribution is 7.98. The molecule has 0 aliphatic carbocycles. The van der Waals surface area contributed by atoms with Crippen molar-refractivity contribution < 1.29 is 18.7 Å². The Morgan fingerprint density at radius 1 is 1.32 bits per heavy atom. The molecular weight excluding hydrogens is 310 g/mol. The molecule has 0 saturated carbocycles. The molecule has 0 aromatic heterocycles. The molecule has 0 heterocycles. The highest BCUT2D eigenvalue weighted by Crippen LogP contribution is 2.19. The van der Waals surface area contributed by atoms with Gasteiger partial charge >= 0.3 is 6.03 Å². The first-order valence-electron chi connectivity index (χ1n) is 7.12. The smallest absolute Gasteiger partial charge is 0.315 e. The van der Waals surface area contributed by atoms with Crippen LogP contribution in [-0.2, 0) is 0 Å². The van der Waals surface area contributed by atoms with Crippen LogP contribution in [0, 0.1) is 11.6 Å². The van der Waals surface area contributed by atoms with Crippen molar-refractivity contribution in [1.82, 2.24) is 10.6 Å². The SMILES string of the molecule is CSCCCCNC(=O)NC(C)C(O)c1ccc(F)c(F)c1. The molecule has 22 heavy (non-hydrogen) atoms. The largest absolute Gasteiger partial charge is 0.386 e. The van der Waals surface area contributed by atoms with Crippen molar-refractivity contribution in [2.24, 2.45) is 0 Å². The number of amides is 2. The second-order valence-electron chi connectivity index (χ2n) is 5.01. The quantitative estimate of drug-likeness (QED) is 0.642. The van der Waals surface area contributed by atoms with E-state index in [4.69, 9.17) is 0 Å². The number of rotatable bonds is 8. The lowest BCUT2D eigenvalue weighted by Crippen LogP contribution is -2.43. The molecule has 2 atom stereocenters. The van der Waals surface area contributed by atoms with Gasteiger partial charge in [-0.05, 0) is 49.5 Å². The number of thioether (sulfide) groups is 1. The fraction of sp³-hybridized carbons (Fsp3) is 0.533. The van der Waals surface area contributed by atoms with Crippen molar-refractivity contribution in [3.05, 3.63) is 35.4 Å². The average Bonchev–Trinajstić information content (AvgIpc) is 2.49. The minimum absolute atomic E-state index is 0.215. The van der Waals surface area contributed by atoms with Crippen LogP contribution in [0.5, 0.6) is 0 Å². The molecular formula is C15H22F2N2O2S. The first-order valence-corrected chi connectivity index (χ1v) is 8.51. The zero-order chi connectivity index (χ0) is 16.5. The summed E-state index contributed by atoms with van der Waals surface area (Å²) in [5.74, 6) is -0.948. The fourth-order valence-corrected chi connectivity index (χ4v) is 2.39. The molecule has 7 heteroatoms. The van der Waals surface area contributed by atoms with E-state index in [1.807, 2.05) is 6.26 Å². The molecule has 1 aromatic carbocycles. The van der Waals surface area contributed by atoms with Gasteiger partial charge in [-0.15, -0.1) is 0 Å². The topological polar surface area (TPSA) is 61.4 Å². The van der Waals surface area contributed by atoms with E-state index in [1.165, 1.54) is 6.07 Å². The summed E-state index contributed by atoms with van der Waals surface area (Å²) in [6, 6.07) is 2.15. The highest BCUT2D eigenvalue weighted by atomic mass is 32.2. The summed E-state index contributed by atoms with van der Waals surface area (Å²) in [4.78, 5) is 11.7. The molecule has 2 unspecified atom stereocenters. The van der Waals surface area contributed by atoms with E-state index in [-0.39, 0.29) is 5.56 Å². The van der Waals surface area contributed by atoms with Crippen LogP contribution in [0.25, 0.3) is 0 Å². The molecule has 0 fully saturated rings. The number of hydrogen-bond acceptors (Lipinski definition) is 3.